The molecule has 1 aromatic rings. The molecule has 0 aliphatic heterocycles. The number of para-hydroxylation sites is 1. The quantitative estimate of drug-likeness (QED) is 0.454. The molecule has 0 saturated heterocycles. The molecule has 1 rings (SSSR count). The number of anilines is 1. The molecule has 0 aliphatic rings. The Bertz CT molecular complexity index is 410. The van der Waals surface area contributed by atoms with E-state index in [0.29, 0.717) is 13.2 Å². The molecule has 6 nitrogen and oxygen atoms in total. The molecule has 2 N–H and O–H groups in total. The minimum Gasteiger partial charge on any atom is -0.393 e. The van der Waals surface area contributed by atoms with Crippen molar-refractivity contribution in [3.8, 4) is 0 Å². The van der Waals surface area contributed by atoms with Crippen molar-refractivity contribution in [1.82, 2.24) is 4.90 Å². The van der Waals surface area contributed by atoms with Crippen LogP contribution in [0.25, 0.3) is 0 Å². The maximum atomic E-state index is 10.8. The summed E-state index contributed by atoms with van der Waals surface area (Å²) in [5.74, 6) is 0. The molecule has 100 valence electrons. The first-order valence-corrected chi connectivity index (χ1v) is 5.83. The Kier molecular flexibility index (Phi) is 5.54. The number of hydrogen-bond donors (Lipinski definition) is 1. The Morgan fingerprint density at radius 1 is 1.50 bits per heavy atom. The first-order valence-electron chi connectivity index (χ1n) is 5.83. The van der Waals surface area contributed by atoms with Crippen molar-refractivity contribution in [1.29, 1.82) is 0 Å². The molecule has 0 heterocycles. The van der Waals surface area contributed by atoms with E-state index < -0.39 is 4.92 Å². The Hall–Kier alpha value is -1.66. The predicted octanol–water partition coefficient (Wildman–Crippen LogP) is 1.65. The van der Waals surface area contributed by atoms with Gasteiger partial charge in [0.05, 0.1) is 11.5 Å². The van der Waals surface area contributed by atoms with Gasteiger partial charge in [0.15, 0.2) is 0 Å². The third-order valence-electron chi connectivity index (χ3n) is 2.82. The van der Waals surface area contributed by atoms with Gasteiger partial charge in [0, 0.05) is 26.3 Å². The average molecular weight is 253 g/mol. The van der Waals surface area contributed by atoms with Crippen LogP contribution in [0.15, 0.2) is 18.2 Å². The maximum absolute atomic E-state index is 10.8. The maximum Gasteiger partial charge on any atom is 0.292 e. The molecule has 0 radical (unpaired) electrons. The molecular weight excluding hydrogens is 234 g/mol. The highest BCUT2D eigenvalue weighted by atomic mass is 16.6. The summed E-state index contributed by atoms with van der Waals surface area (Å²) < 4.78 is 5.02. The fourth-order valence-electron chi connectivity index (χ4n) is 1.71. The third-order valence-corrected chi connectivity index (χ3v) is 2.82. The lowest BCUT2D eigenvalue weighted by Crippen LogP contribution is -2.27. The van der Waals surface area contributed by atoms with E-state index in [9.17, 15) is 10.1 Å². The van der Waals surface area contributed by atoms with E-state index in [1.54, 1.807) is 13.2 Å². The van der Waals surface area contributed by atoms with Crippen LogP contribution in [0, 0.1) is 10.1 Å². The zero-order chi connectivity index (χ0) is 13.5. The van der Waals surface area contributed by atoms with Crippen LogP contribution in [0.1, 0.15) is 12.5 Å². The normalized spacial score (nSPS) is 10.8. The molecule has 0 amide bonds. The largest absolute Gasteiger partial charge is 0.393 e. The van der Waals surface area contributed by atoms with Gasteiger partial charge in [-0.1, -0.05) is 19.1 Å². The number of likely N-dealkylation sites (N-methyl/N-ethyl adjacent to an activating group) is 1. The van der Waals surface area contributed by atoms with Crippen LogP contribution in [0.3, 0.4) is 0 Å². The van der Waals surface area contributed by atoms with Crippen molar-refractivity contribution in [2.75, 3.05) is 32.5 Å². The minimum atomic E-state index is -0.454. The Morgan fingerprint density at radius 3 is 2.78 bits per heavy atom. The molecule has 1 aromatic carbocycles. The van der Waals surface area contributed by atoms with Crippen LogP contribution in [0.2, 0.25) is 0 Å². The van der Waals surface area contributed by atoms with E-state index in [2.05, 4.69) is 4.90 Å². The number of ether oxygens (including phenoxy) is 1. The molecular formula is C12H19N3O3. The van der Waals surface area contributed by atoms with Crippen molar-refractivity contribution >= 4 is 11.4 Å². The topological polar surface area (TPSA) is 81.6 Å². The summed E-state index contributed by atoms with van der Waals surface area (Å²) in [6.07, 6.45) is 0. The van der Waals surface area contributed by atoms with Gasteiger partial charge in [-0.05, 0) is 12.1 Å². The number of nitrogen functional groups attached to an aromatic ring is 1. The molecule has 0 fully saturated rings. The molecule has 0 aromatic heterocycles. The number of rotatable bonds is 7. The zero-order valence-electron chi connectivity index (χ0n) is 10.8. The smallest absolute Gasteiger partial charge is 0.292 e. The van der Waals surface area contributed by atoms with Crippen molar-refractivity contribution in [2.24, 2.45) is 0 Å². The molecule has 6 heteroatoms. The summed E-state index contributed by atoms with van der Waals surface area (Å²) in [5, 5.41) is 10.8. The number of benzene rings is 1. The Morgan fingerprint density at radius 2 is 2.22 bits per heavy atom. The average Bonchev–Trinajstić information content (AvgIpc) is 2.36. The van der Waals surface area contributed by atoms with Gasteiger partial charge in [0.1, 0.15) is 5.69 Å². The van der Waals surface area contributed by atoms with Gasteiger partial charge in [0.25, 0.3) is 5.69 Å². The van der Waals surface area contributed by atoms with Crippen LogP contribution in [0.4, 0.5) is 11.4 Å². The van der Waals surface area contributed by atoms with Gasteiger partial charge in [-0.2, -0.15) is 0 Å². The summed E-state index contributed by atoms with van der Waals surface area (Å²) in [6, 6.07) is 4.90. The molecule has 0 spiro atoms. The standard InChI is InChI=1S/C12H19N3O3/c1-3-14(7-8-18-2)9-10-5-4-6-11(12(10)13)15(16)17/h4-6H,3,7-9,13H2,1-2H3. The summed E-state index contributed by atoms with van der Waals surface area (Å²) in [4.78, 5) is 12.5. The molecule has 0 unspecified atom stereocenters. The summed E-state index contributed by atoms with van der Waals surface area (Å²) >= 11 is 0. The number of hydrogen-bond acceptors (Lipinski definition) is 5. The van der Waals surface area contributed by atoms with Crippen molar-refractivity contribution in [2.45, 2.75) is 13.5 Å². The summed E-state index contributed by atoms with van der Waals surface area (Å²) in [6.45, 7) is 4.86. The van der Waals surface area contributed by atoms with E-state index in [1.165, 1.54) is 6.07 Å². The lowest BCUT2D eigenvalue weighted by atomic mass is 10.1. The van der Waals surface area contributed by atoms with Gasteiger partial charge < -0.3 is 10.5 Å². The lowest BCUT2D eigenvalue weighted by Gasteiger charge is -2.20. The van der Waals surface area contributed by atoms with Gasteiger partial charge in [-0.25, -0.2) is 0 Å². The van der Waals surface area contributed by atoms with Crippen LogP contribution < -0.4 is 5.73 Å². The van der Waals surface area contributed by atoms with E-state index in [-0.39, 0.29) is 11.4 Å². The summed E-state index contributed by atoms with van der Waals surface area (Å²) in [7, 11) is 1.65. The van der Waals surface area contributed by atoms with Gasteiger partial charge >= 0.3 is 0 Å². The van der Waals surface area contributed by atoms with Crippen LogP contribution >= 0.6 is 0 Å². The van der Waals surface area contributed by atoms with E-state index >= 15 is 0 Å². The number of nitrogens with zero attached hydrogens (tertiary/aromatic N) is 2. The first-order chi connectivity index (χ1) is 8.60. The number of nitro groups is 1. The van der Waals surface area contributed by atoms with Gasteiger partial charge in [-0.3, -0.25) is 15.0 Å². The second kappa shape index (κ2) is 6.93. The fourth-order valence-corrected chi connectivity index (χ4v) is 1.71. The Balaban J connectivity index is 2.83. The van der Waals surface area contributed by atoms with Crippen molar-refractivity contribution in [3.05, 3.63) is 33.9 Å². The molecule has 0 bridgehead atoms. The van der Waals surface area contributed by atoms with E-state index in [1.807, 2.05) is 13.0 Å². The van der Waals surface area contributed by atoms with E-state index in [4.69, 9.17) is 10.5 Å². The highest BCUT2D eigenvalue weighted by Crippen LogP contribution is 2.25. The predicted molar refractivity (Wildman–Crippen MR) is 70.3 cm³/mol. The van der Waals surface area contributed by atoms with Crippen LogP contribution in [-0.2, 0) is 11.3 Å². The highest BCUT2D eigenvalue weighted by molar-refractivity contribution is 5.62. The number of methoxy groups -OCH3 is 1. The first kappa shape index (κ1) is 14.4. The third kappa shape index (κ3) is 3.68. The second-order valence-electron chi connectivity index (χ2n) is 3.97. The SMILES string of the molecule is CCN(CCOC)Cc1cccc([N+](=O)[O-])c1N. The van der Waals surface area contributed by atoms with Crippen molar-refractivity contribution in [3.63, 3.8) is 0 Å². The number of nitrogens with two attached hydrogens (primary N) is 1. The van der Waals surface area contributed by atoms with Crippen molar-refractivity contribution < 1.29 is 9.66 Å². The monoisotopic (exact) mass is 253 g/mol. The van der Waals surface area contributed by atoms with Gasteiger partial charge in [0.2, 0.25) is 0 Å². The lowest BCUT2D eigenvalue weighted by molar-refractivity contribution is -0.384. The minimum absolute atomic E-state index is 0.0321. The number of nitro benzene ring substituents is 1. The summed E-state index contributed by atoms with van der Waals surface area (Å²) in [5.41, 5.74) is 6.81. The fraction of sp³-hybridized carbons (Fsp3) is 0.500. The van der Waals surface area contributed by atoms with Gasteiger partial charge in [-0.15, -0.1) is 0 Å². The van der Waals surface area contributed by atoms with Crippen LogP contribution in [-0.4, -0.2) is 36.6 Å². The molecule has 0 atom stereocenters. The molecule has 0 saturated carbocycles. The van der Waals surface area contributed by atoms with Crippen LogP contribution in [0.5, 0.6) is 0 Å². The Labute approximate surface area is 106 Å². The second-order valence-corrected chi connectivity index (χ2v) is 3.97. The molecule has 0 aliphatic carbocycles. The molecule has 18 heavy (non-hydrogen) atoms. The zero-order valence-corrected chi connectivity index (χ0v) is 10.8. The highest BCUT2D eigenvalue weighted by Gasteiger charge is 2.15. The van der Waals surface area contributed by atoms with E-state index in [0.717, 1.165) is 18.7 Å².